The fourth-order valence-electron chi connectivity index (χ4n) is 2.08. The Hall–Kier alpha value is -2.01. The number of aromatic nitrogens is 1. The lowest BCUT2D eigenvalue weighted by molar-refractivity contribution is 0.411. The Labute approximate surface area is 116 Å². The molecule has 5 heteroatoms. The van der Waals surface area contributed by atoms with Gasteiger partial charge < -0.3 is 10.1 Å². The van der Waals surface area contributed by atoms with E-state index in [4.69, 9.17) is 4.74 Å². The number of hydrogen-bond donors (Lipinski definition) is 1. The number of pyridine rings is 1. The topological polar surface area (TPSA) is 34.2 Å². The van der Waals surface area contributed by atoms with Crippen LogP contribution in [0, 0.1) is 11.6 Å². The number of methoxy groups -OCH3 is 1. The van der Waals surface area contributed by atoms with Crippen LogP contribution in [-0.2, 0) is 0 Å². The van der Waals surface area contributed by atoms with E-state index in [1.807, 2.05) is 6.92 Å². The second-order valence-corrected chi connectivity index (χ2v) is 4.28. The molecule has 2 rings (SSSR count). The number of ether oxygens (including phenoxy) is 1. The smallest absolute Gasteiger partial charge is 0.137 e. The van der Waals surface area contributed by atoms with Crippen LogP contribution in [0.25, 0.3) is 0 Å². The zero-order chi connectivity index (χ0) is 14.5. The van der Waals surface area contributed by atoms with Gasteiger partial charge in [-0.25, -0.2) is 8.78 Å². The van der Waals surface area contributed by atoms with Crippen LogP contribution in [0.15, 0.2) is 36.7 Å². The molecule has 0 spiro atoms. The first-order valence-electron chi connectivity index (χ1n) is 6.33. The number of benzene rings is 1. The van der Waals surface area contributed by atoms with Crippen LogP contribution in [0.1, 0.15) is 24.1 Å². The third kappa shape index (κ3) is 2.93. The quantitative estimate of drug-likeness (QED) is 0.912. The molecule has 1 atom stereocenters. The summed E-state index contributed by atoms with van der Waals surface area (Å²) in [7, 11) is 1.52. The normalized spacial score (nSPS) is 12.2. The Balaban J connectivity index is 2.50. The minimum Gasteiger partial charge on any atom is -0.495 e. The third-order valence-electron chi connectivity index (χ3n) is 3.00. The minimum absolute atomic E-state index is 0.00981. The summed E-state index contributed by atoms with van der Waals surface area (Å²) in [5, 5.41) is 3.07. The van der Waals surface area contributed by atoms with Crippen LogP contribution in [0.2, 0.25) is 0 Å². The molecule has 0 amide bonds. The molecule has 3 nitrogen and oxygen atoms in total. The van der Waals surface area contributed by atoms with Crippen LogP contribution in [0.3, 0.4) is 0 Å². The Bertz CT molecular complexity index is 570. The van der Waals surface area contributed by atoms with E-state index in [-0.39, 0.29) is 5.56 Å². The molecule has 0 fully saturated rings. The molecule has 0 saturated carbocycles. The van der Waals surface area contributed by atoms with Gasteiger partial charge in [0.2, 0.25) is 0 Å². The van der Waals surface area contributed by atoms with Gasteiger partial charge in [0.05, 0.1) is 19.3 Å². The zero-order valence-corrected chi connectivity index (χ0v) is 11.4. The molecule has 1 aromatic heterocycles. The third-order valence-corrected chi connectivity index (χ3v) is 3.00. The largest absolute Gasteiger partial charge is 0.495 e. The molecular weight excluding hydrogens is 262 g/mol. The molecule has 1 heterocycles. The van der Waals surface area contributed by atoms with Gasteiger partial charge in [-0.15, -0.1) is 0 Å². The molecule has 0 aliphatic carbocycles. The maximum absolute atomic E-state index is 14.0. The van der Waals surface area contributed by atoms with Gasteiger partial charge in [-0.05, 0) is 30.3 Å². The molecule has 0 bridgehead atoms. The fourth-order valence-corrected chi connectivity index (χ4v) is 2.08. The van der Waals surface area contributed by atoms with E-state index >= 15 is 0 Å². The number of nitrogens with one attached hydrogen (secondary N) is 1. The van der Waals surface area contributed by atoms with Crippen molar-refractivity contribution in [3.8, 4) is 5.75 Å². The molecule has 1 N–H and O–H groups in total. The van der Waals surface area contributed by atoms with Gasteiger partial charge in [-0.1, -0.05) is 13.0 Å². The molecule has 20 heavy (non-hydrogen) atoms. The molecular formula is C15H16F2N2O. The van der Waals surface area contributed by atoms with Gasteiger partial charge in [0.15, 0.2) is 0 Å². The predicted octanol–water partition coefficient (Wildman–Crippen LogP) is 3.07. The van der Waals surface area contributed by atoms with Gasteiger partial charge in [-0.2, -0.15) is 0 Å². The fraction of sp³-hybridized carbons (Fsp3) is 0.267. The molecule has 1 unspecified atom stereocenters. The summed E-state index contributed by atoms with van der Waals surface area (Å²) in [6, 6.07) is 4.95. The van der Waals surface area contributed by atoms with Crippen molar-refractivity contribution in [2.45, 2.75) is 13.0 Å². The summed E-state index contributed by atoms with van der Waals surface area (Å²) in [5.41, 5.74) is 0.639. The average Bonchev–Trinajstić information content (AvgIpc) is 2.46. The Kier molecular flexibility index (Phi) is 4.63. The Morgan fingerprint density at radius 1 is 1.25 bits per heavy atom. The average molecular weight is 278 g/mol. The minimum atomic E-state index is -0.608. The number of rotatable bonds is 5. The summed E-state index contributed by atoms with van der Waals surface area (Å²) < 4.78 is 33.0. The molecule has 0 saturated heterocycles. The van der Waals surface area contributed by atoms with Gasteiger partial charge >= 0.3 is 0 Å². The van der Waals surface area contributed by atoms with Crippen LogP contribution in [-0.4, -0.2) is 18.6 Å². The van der Waals surface area contributed by atoms with Gasteiger partial charge in [0, 0.05) is 11.8 Å². The van der Waals surface area contributed by atoms with Crippen molar-refractivity contribution in [3.63, 3.8) is 0 Å². The number of nitrogens with zero attached hydrogens (tertiary/aromatic N) is 1. The molecule has 2 aromatic rings. The van der Waals surface area contributed by atoms with E-state index in [1.165, 1.54) is 25.3 Å². The van der Waals surface area contributed by atoms with Crippen LogP contribution >= 0.6 is 0 Å². The van der Waals surface area contributed by atoms with Crippen molar-refractivity contribution in [2.24, 2.45) is 0 Å². The zero-order valence-electron chi connectivity index (χ0n) is 11.4. The summed E-state index contributed by atoms with van der Waals surface area (Å²) in [5.74, 6) is -0.625. The molecule has 1 aromatic carbocycles. The van der Waals surface area contributed by atoms with E-state index in [1.54, 1.807) is 18.5 Å². The monoisotopic (exact) mass is 278 g/mol. The second-order valence-electron chi connectivity index (χ2n) is 4.28. The van der Waals surface area contributed by atoms with Gasteiger partial charge in [0.1, 0.15) is 17.4 Å². The van der Waals surface area contributed by atoms with Crippen LogP contribution in [0.4, 0.5) is 8.78 Å². The molecule has 0 aliphatic heterocycles. The second kappa shape index (κ2) is 6.43. The first-order valence-corrected chi connectivity index (χ1v) is 6.33. The van der Waals surface area contributed by atoms with E-state index in [0.29, 0.717) is 17.9 Å². The molecule has 0 radical (unpaired) electrons. The highest BCUT2D eigenvalue weighted by Gasteiger charge is 2.21. The lowest BCUT2D eigenvalue weighted by atomic mass is 9.99. The first-order chi connectivity index (χ1) is 9.67. The van der Waals surface area contributed by atoms with Gasteiger partial charge in [-0.3, -0.25) is 4.98 Å². The Morgan fingerprint density at radius 3 is 2.55 bits per heavy atom. The molecule has 106 valence electrons. The van der Waals surface area contributed by atoms with E-state index in [0.717, 1.165) is 0 Å². The van der Waals surface area contributed by atoms with E-state index in [2.05, 4.69) is 10.3 Å². The summed E-state index contributed by atoms with van der Waals surface area (Å²) in [4.78, 5) is 4.03. The van der Waals surface area contributed by atoms with Crippen LogP contribution < -0.4 is 10.1 Å². The SMILES string of the molecule is CCNC(c1cncc(OC)c1)c1c(F)cccc1F. The van der Waals surface area contributed by atoms with Crippen molar-refractivity contribution in [1.29, 1.82) is 0 Å². The number of halogens is 2. The molecule has 0 aliphatic rings. The Morgan fingerprint density at radius 2 is 1.95 bits per heavy atom. The summed E-state index contributed by atoms with van der Waals surface area (Å²) in [6.07, 6.45) is 3.12. The number of hydrogen-bond acceptors (Lipinski definition) is 3. The summed E-state index contributed by atoms with van der Waals surface area (Å²) >= 11 is 0. The highest BCUT2D eigenvalue weighted by molar-refractivity contribution is 5.35. The lowest BCUT2D eigenvalue weighted by Gasteiger charge is -2.20. The maximum atomic E-state index is 14.0. The van der Waals surface area contributed by atoms with Crippen molar-refractivity contribution in [3.05, 3.63) is 59.4 Å². The van der Waals surface area contributed by atoms with Crippen molar-refractivity contribution in [2.75, 3.05) is 13.7 Å². The van der Waals surface area contributed by atoms with E-state index in [9.17, 15) is 8.78 Å². The summed E-state index contributed by atoms with van der Waals surface area (Å²) in [6.45, 7) is 2.44. The standard InChI is InChI=1S/C15H16F2N2O/c1-3-19-15(10-7-11(20-2)9-18-8-10)14-12(16)5-4-6-13(14)17/h4-9,15,19H,3H2,1-2H3. The maximum Gasteiger partial charge on any atom is 0.137 e. The van der Waals surface area contributed by atoms with Crippen LogP contribution in [0.5, 0.6) is 5.75 Å². The highest BCUT2D eigenvalue weighted by atomic mass is 19.1. The van der Waals surface area contributed by atoms with Crippen molar-refractivity contribution >= 4 is 0 Å². The van der Waals surface area contributed by atoms with Crippen molar-refractivity contribution < 1.29 is 13.5 Å². The highest BCUT2D eigenvalue weighted by Crippen LogP contribution is 2.28. The predicted molar refractivity (Wildman–Crippen MR) is 72.7 cm³/mol. The van der Waals surface area contributed by atoms with Gasteiger partial charge in [0.25, 0.3) is 0 Å². The van der Waals surface area contributed by atoms with E-state index < -0.39 is 17.7 Å². The van der Waals surface area contributed by atoms with Crippen molar-refractivity contribution in [1.82, 2.24) is 10.3 Å². The lowest BCUT2D eigenvalue weighted by Crippen LogP contribution is -2.24. The first kappa shape index (κ1) is 14.4.